The predicted molar refractivity (Wildman–Crippen MR) is 22.0 cm³/mol. The number of aliphatic hydroxyl groups is 1. The van der Waals surface area contributed by atoms with E-state index in [2.05, 4.69) is 0 Å². The number of hydrogen-bond donors (Lipinski definition) is 1. The van der Waals surface area contributed by atoms with Crippen LogP contribution in [0.25, 0.3) is 0 Å². The Morgan fingerprint density at radius 1 is 2.00 bits per heavy atom. The van der Waals surface area contributed by atoms with Gasteiger partial charge < -0.3 is 5.11 Å². The SMILES string of the molecule is CCO.[HH].[NaH]. The van der Waals surface area contributed by atoms with Crippen molar-refractivity contribution in [1.29, 1.82) is 0 Å². The van der Waals surface area contributed by atoms with Crippen LogP contribution in [-0.2, 0) is 0 Å². The van der Waals surface area contributed by atoms with Gasteiger partial charge in [-0.15, -0.1) is 0 Å². The van der Waals surface area contributed by atoms with Crippen molar-refractivity contribution in [1.82, 2.24) is 0 Å². The molecule has 0 aliphatic carbocycles. The average Bonchev–Trinajstić information content (AvgIpc) is 0.918. The molecule has 0 radical (unpaired) electrons. The summed E-state index contributed by atoms with van der Waals surface area (Å²) in [6, 6.07) is 0. The maximum absolute atomic E-state index is 7.57. The Balaban J connectivity index is -0.0000000200. The Bertz CT molecular complexity index is 9.61. The van der Waals surface area contributed by atoms with Crippen molar-refractivity contribution in [3.63, 3.8) is 0 Å². The molecule has 0 aromatic heterocycles. The molecule has 0 saturated heterocycles. The molecule has 4 heavy (non-hydrogen) atoms. The van der Waals surface area contributed by atoms with E-state index in [4.69, 9.17) is 5.11 Å². The molecule has 0 unspecified atom stereocenters. The second-order valence-electron chi connectivity index (χ2n) is 0.316. The van der Waals surface area contributed by atoms with E-state index in [9.17, 15) is 0 Å². The van der Waals surface area contributed by atoms with Crippen molar-refractivity contribution in [2.24, 2.45) is 0 Å². The summed E-state index contributed by atoms with van der Waals surface area (Å²) in [7, 11) is 0. The van der Waals surface area contributed by atoms with Crippen molar-refractivity contribution in [2.45, 2.75) is 6.92 Å². The number of aliphatic hydroxyl groups excluding tert-OH is 1. The van der Waals surface area contributed by atoms with E-state index in [0.29, 0.717) is 0 Å². The van der Waals surface area contributed by atoms with Gasteiger partial charge in [0.15, 0.2) is 0 Å². The average molecular weight is 72.1 g/mol. The third-order valence-electron chi connectivity index (χ3n) is 0. The van der Waals surface area contributed by atoms with Gasteiger partial charge in [-0.2, -0.15) is 0 Å². The topological polar surface area (TPSA) is 20.2 Å². The van der Waals surface area contributed by atoms with Crippen LogP contribution in [0, 0.1) is 0 Å². The molecule has 0 aromatic rings. The first-order valence-corrected chi connectivity index (χ1v) is 1.02. The third-order valence-corrected chi connectivity index (χ3v) is 0. The van der Waals surface area contributed by atoms with Gasteiger partial charge >= 0.3 is 29.6 Å². The zero-order valence-corrected chi connectivity index (χ0v) is 2.15. The van der Waals surface area contributed by atoms with Crippen molar-refractivity contribution in [3.05, 3.63) is 0 Å². The molecule has 1 N–H and O–H groups in total. The van der Waals surface area contributed by atoms with E-state index < -0.39 is 0 Å². The zero-order chi connectivity index (χ0) is 2.71. The Hall–Kier alpha value is 0.960. The molecule has 2 heteroatoms. The van der Waals surface area contributed by atoms with Gasteiger partial charge in [0.2, 0.25) is 0 Å². The summed E-state index contributed by atoms with van der Waals surface area (Å²) >= 11 is 0. The molecule has 0 fully saturated rings. The summed E-state index contributed by atoms with van der Waals surface area (Å²) in [6.07, 6.45) is 0. The van der Waals surface area contributed by atoms with Gasteiger partial charge in [0, 0.05) is 8.03 Å². The van der Waals surface area contributed by atoms with Crippen molar-refractivity contribution < 1.29 is 6.53 Å². The molecule has 0 aromatic carbocycles. The van der Waals surface area contributed by atoms with Gasteiger partial charge in [-0.3, -0.25) is 0 Å². The van der Waals surface area contributed by atoms with Crippen LogP contribution < -0.4 is 0 Å². The fourth-order valence-corrected chi connectivity index (χ4v) is 0. The van der Waals surface area contributed by atoms with Gasteiger partial charge in [0.05, 0.1) is 0 Å². The normalized spacial score (nSPS) is 4.50. The molecule has 0 bridgehead atoms. The minimum absolute atomic E-state index is 0. The number of rotatable bonds is 0. The molecule has 0 spiro atoms. The van der Waals surface area contributed by atoms with Crippen LogP contribution in [0.1, 0.15) is 8.35 Å². The Labute approximate surface area is 49.8 Å². The van der Waals surface area contributed by atoms with Gasteiger partial charge in [-0.1, -0.05) is 0 Å². The van der Waals surface area contributed by atoms with E-state index >= 15 is 0 Å². The molecule has 0 saturated carbocycles. The Morgan fingerprint density at radius 2 is 2.00 bits per heavy atom. The summed E-state index contributed by atoms with van der Waals surface area (Å²) in [5, 5.41) is 7.57. The fraction of sp³-hybridized carbons (Fsp3) is 1.00. The van der Waals surface area contributed by atoms with E-state index in [1.165, 1.54) is 0 Å². The monoisotopic (exact) mass is 72.1 g/mol. The molecule has 0 heterocycles. The zero-order valence-electron chi connectivity index (χ0n) is 2.15. The van der Waals surface area contributed by atoms with Crippen LogP contribution in [0.5, 0.6) is 0 Å². The van der Waals surface area contributed by atoms with Crippen LogP contribution >= 0.6 is 0 Å². The maximum atomic E-state index is 7.57. The predicted octanol–water partition coefficient (Wildman–Crippen LogP) is -0.404. The Kier molecular flexibility index (Phi) is 20.0. The molecule has 0 atom stereocenters. The molecule has 0 rings (SSSR count). The van der Waals surface area contributed by atoms with Gasteiger partial charge in [0.25, 0.3) is 0 Å². The van der Waals surface area contributed by atoms with Crippen molar-refractivity contribution >= 4 is 29.6 Å². The second kappa shape index (κ2) is 9.03. The van der Waals surface area contributed by atoms with E-state index in [0.717, 1.165) is 0 Å². The van der Waals surface area contributed by atoms with Crippen LogP contribution in [-0.4, -0.2) is 41.3 Å². The first-order valence-electron chi connectivity index (χ1n) is 1.02. The summed E-state index contributed by atoms with van der Waals surface area (Å²) in [5.41, 5.74) is 0. The summed E-state index contributed by atoms with van der Waals surface area (Å²) in [5.74, 6) is 0. The molecule has 0 amide bonds. The summed E-state index contributed by atoms with van der Waals surface area (Å²) in [6.45, 7) is 1.93. The summed E-state index contributed by atoms with van der Waals surface area (Å²) in [4.78, 5) is 0. The molecular weight excluding hydrogens is 63.0 g/mol. The van der Waals surface area contributed by atoms with E-state index in [1.54, 1.807) is 6.92 Å². The van der Waals surface area contributed by atoms with Crippen LogP contribution in [0.4, 0.5) is 0 Å². The van der Waals surface area contributed by atoms with Gasteiger partial charge in [-0.25, -0.2) is 0 Å². The van der Waals surface area contributed by atoms with E-state index in [1.807, 2.05) is 0 Å². The van der Waals surface area contributed by atoms with E-state index in [-0.39, 0.29) is 37.6 Å². The van der Waals surface area contributed by atoms with Crippen LogP contribution in [0.3, 0.4) is 0 Å². The minimum atomic E-state index is 0. The quantitative estimate of drug-likeness (QED) is 0.386. The second-order valence-corrected chi connectivity index (χ2v) is 0.316. The fourth-order valence-electron chi connectivity index (χ4n) is 0. The molecule has 0 aliphatic rings. The molecule has 1 nitrogen and oxygen atoms in total. The Morgan fingerprint density at radius 3 is 2.00 bits per heavy atom. The first kappa shape index (κ1) is 8.88. The van der Waals surface area contributed by atoms with Crippen molar-refractivity contribution in [2.75, 3.05) is 6.61 Å². The standard InChI is InChI=1S/C2H6O.Na.H2.H/c1-2-3;;;/h3H,2H2,1H3;;1H;. The molecule has 24 valence electrons. The molecular formula is C2H9NaO. The van der Waals surface area contributed by atoms with Crippen LogP contribution in [0.15, 0.2) is 0 Å². The molecule has 0 aliphatic heterocycles. The first-order chi connectivity index (χ1) is 1.41. The van der Waals surface area contributed by atoms with Crippen LogP contribution in [0.2, 0.25) is 0 Å². The van der Waals surface area contributed by atoms with Gasteiger partial charge in [0.1, 0.15) is 0 Å². The summed E-state index contributed by atoms with van der Waals surface area (Å²) < 4.78 is 0. The third kappa shape index (κ3) is 12.3. The van der Waals surface area contributed by atoms with Crippen molar-refractivity contribution in [3.8, 4) is 0 Å². The van der Waals surface area contributed by atoms with Gasteiger partial charge in [-0.05, 0) is 6.92 Å². The number of hydrogen-bond acceptors (Lipinski definition) is 1.